The van der Waals surface area contributed by atoms with E-state index in [1.165, 1.54) is 0 Å². The van der Waals surface area contributed by atoms with Gasteiger partial charge in [-0.1, -0.05) is 24.6 Å². The van der Waals surface area contributed by atoms with Gasteiger partial charge in [0.15, 0.2) is 0 Å². The fourth-order valence-electron chi connectivity index (χ4n) is 2.84. The van der Waals surface area contributed by atoms with Gasteiger partial charge in [-0.25, -0.2) is 0 Å². The normalized spacial score (nSPS) is 23.8. The second-order valence-corrected chi connectivity index (χ2v) is 5.95. The molecular formula is C16H24ClNO2. The summed E-state index contributed by atoms with van der Waals surface area (Å²) in [5, 5.41) is 4.33. The number of nitrogens with one attached hydrogen (secondary N) is 1. The zero-order valence-electron chi connectivity index (χ0n) is 12.5. The summed E-state index contributed by atoms with van der Waals surface area (Å²) in [5.41, 5.74) is 0.901. The van der Waals surface area contributed by atoms with E-state index in [4.69, 9.17) is 21.1 Å². The Labute approximate surface area is 126 Å². The second kappa shape index (κ2) is 6.79. The standard InChI is InChI=1S/C16H24ClNO2/c1-4-9-18-15(16(2)8-5-10-20-16)13-7-6-12(19-3)11-14(13)17/h6-7,11,15,18H,4-5,8-10H2,1-3H3. The molecule has 0 spiro atoms. The van der Waals surface area contributed by atoms with Crippen LogP contribution in [0.1, 0.15) is 44.7 Å². The van der Waals surface area contributed by atoms with Crippen LogP contribution >= 0.6 is 11.6 Å². The van der Waals surface area contributed by atoms with E-state index < -0.39 is 0 Å². The number of ether oxygens (including phenoxy) is 2. The Morgan fingerprint density at radius 2 is 2.30 bits per heavy atom. The van der Waals surface area contributed by atoms with Crippen LogP contribution in [-0.2, 0) is 4.74 Å². The van der Waals surface area contributed by atoms with Gasteiger partial charge in [-0.15, -0.1) is 0 Å². The van der Waals surface area contributed by atoms with Crippen molar-refractivity contribution in [3.8, 4) is 5.75 Å². The van der Waals surface area contributed by atoms with Crippen molar-refractivity contribution in [1.29, 1.82) is 0 Å². The first kappa shape index (κ1) is 15.6. The van der Waals surface area contributed by atoms with E-state index in [-0.39, 0.29) is 11.6 Å². The molecule has 0 aliphatic carbocycles. The third-order valence-electron chi connectivity index (χ3n) is 3.98. The lowest BCUT2D eigenvalue weighted by Gasteiger charge is -2.35. The molecule has 1 aliphatic heterocycles. The Morgan fingerprint density at radius 3 is 2.85 bits per heavy atom. The van der Waals surface area contributed by atoms with E-state index in [1.54, 1.807) is 7.11 Å². The molecule has 1 aromatic carbocycles. The smallest absolute Gasteiger partial charge is 0.120 e. The van der Waals surface area contributed by atoms with Gasteiger partial charge in [-0.3, -0.25) is 0 Å². The number of rotatable bonds is 6. The zero-order chi connectivity index (χ0) is 14.6. The van der Waals surface area contributed by atoms with Crippen molar-refractivity contribution in [3.63, 3.8) is 0 Å². The quantitative estimate of drug-likeness (QED) is 0.862. The van der Waals surface area contributed by atoms with Crippen molar-refractivity contribution < 1.29 is 9.47 Å². The Bertz CT molecular complexity index is 444. The largest absolute Gasteiger partial charge is 0.497 e. The van der Waals surface area contributed by atoms with E-state index in [0.717, 1.165) is 48.7 Å². The summed E-state index contributed by atoms with van der Waals surface area (Å²) >= 11 is 6.45. The molecule has 0 amide bonds. The van der Waals surface area contributed by atoms with Gasteiger partial charge in [0.05, 0.1) is 18.8 Å². The minimum absolute atomic E-state index is 0.114. The molecule has 0 saturated carbocycles. The van der Waals surface area contributed by atoms with Crippen molar-refractivity contribution in [2.24, 2.45) is 0 Å². The number of methoxy groups -OCH3 is 1. The van der Waals surface area contributed by atoms with Crippen LogP contribution in [0.2, 0.25) is 5.02 Å². The minimum atomic E-state index is -0.187. The molecule has 1 saturated heterocycles. The van der Waals surface area contributed by atoms with Gasteiger partial charge < -0.3 is 14.8 Å². The molecule has 1 fully saturated rings. The summed E-state index contributed by atoms with van der Waals surface area (Å²) in [6.07, 6.45) is 3.24. The number of halogens is 1. The highest BCUT2D eigenvalue weighted by Crippen LogP contribution is 2.40. The van der Waals surface area contributed by atoms with Crippen molar-refractivity contribution in [2.75, 3.05) is 20.3 Å². The van der Waals surface area contributed by atoms with Gasteiger partial charge in [0.2, 0.25) is 0 Å². The van der Waals surface area contributed by atoms with Crippen LogP contribution in [0.3, 0.4) is 0 Å². The van der Waals surface area contributed by atoms with Crippen LogP contribution in [0.25, 0.3) is 0 Å². The average Bonchev–Trinajstić information content (AvgIpc) is 2.88. The highest BCUT2D eigenvalue weighted by Gasteiger charge is 2.39. The van der Waals surface area contributed by atoms with Gasteiger partial charge >= 0.3 is 0 Å². The Kier molecular flexibility index (Phi) is 5.30. The molecule has 1 aromatic rings. The molecule has 0 bridgehead atoms. The number of hydrogen-bond acceptors (Lipinski definition) is 3. The monoisotopic (exact) mass is 297 g/mol. The van der Waals surface area contributed by atoms with E-state index >= 15 is 0 Å². The summed E-state index contributed by atoms with van der Waals surface area (Å²) in [4.78, 5) is 0. The first-order valence-electron chi connectivity index (χ1n) is 7.31. The first-order chi connectivity index (χ1) is 9.60. The fourth-order valence-corrected chi connectivity index (χ4v) is 3.12. The summed E-state index contributed by atoms with van der Waals surface area (Å²) < 4.78 is 11.2. The molecule has 3 nitrogen and oxygen atoms in total. The predicted molar refractivity (Wildman–Crippen MR) is 82.6 cm³/mol. The summed E-state index contributed by atoms with van der Waals surface area (Å²) in [6, 6.07) is 5.99. The molecule has 1 N–H and O–H groups in total. The van der Waals surface area contributed by atoms with E-state index in [1.807, 2.05) is 18.2 Å². The van der Waals surface area contributed by atoms with Gasteiger partial charge in [-0.05, 0) is 50.4 Å². The molecular weight excluding hydrogens is 274 g/mol. The third kappa shape index (κ3) is 3.27. The second-order valence-electron chi connectivity index (χ2n) is 5.54. The molecule has 2 atom stereocenters. The van der Waals surface area contributed by atoms with Gasteiger partial charge in [0.1, 0.15) is 5.75 Å². The first-order valence-corrected chi connectivity index (χ1v) is 7.69. The van der Waals surface area contributed by atoms with Crippen LogP contribution in [-0.4, -0.2) is 25.9 Å². The molecule has 2 rings (SSSR count). The molecule has 2 unspecified atom stereocenters. The Hall–Kier alpha value is -0.770. The van der Waals surface area contributed by atoms with Gasteiger partial charge in [-0.2, -0.15) is 0 Å². The minimum Gasteiger partial charge on any atom is -0.497 e. The molecule has 0 radical (unpaired) electrons. The maximum absolute atomic E-state index is 6.45. The fraction of sp³-hybridized carbons (Fsp3) is 0.625. The maximum atomic E-state index is 6.45. The van der Waals surface area contributed by atoms with Crippen molar-refractivity contribution >= 4 is 11.6 Å². The Morgan fingerprint density at radius 1 is 1.50 bits per heavy atom. The lowest BCUT2D eigenvalue weighted by atomic mass is 9.87. The lowest BCUT2D eigenvalue weighted by Crippen LogP contribution is -2.41. The Balaban J connectivity index is 2.30. The highest BCUT2D eigenvalue weighted by molar-refractivity contribution is 6.31. The van der Waals surface area contributed by atoms with Crippen LogP contribution < -0.4 is 10.1 Å². The number of benzene rings is 1. The van der Waals surface area contributed by atoms with Crippen LogP contribution in [0.4, 0.5) is 0 Å². The topological polar surface area (TPSA) is 30.5 Å². The van der Waals surface area contributed by atoms with E-state index in [9.17, 15) is 0 Å². The van der Waals surface area contributed by atoms with E-state index in [2.05, 4.69) is 19.2 Å². The number of hydrogen-bond donors (Lipinski definition) is 1. The summed E-state index contributed by atoms with van der Waals surface area (Å²) in [5.74, 6) is 0.783. The van der Waals surface area contributed by atoms with Crippen molar-refractivity contribution in [3.05, 3.63) is 28.8 Å². The molecule has 1 aliphatic rings. The average molecular weight is 298 g/mol. The summed E-state index contributed by atoms with van der Waals surface area (Å²) in [7, 11) is 1.65. The molecule has 112 valence electrons. The van der Waals surface area contributed by atoms with E-state index in [0.29, 0.717) is 0 Å². The SMILES string of the molecule is CCCNC(c1ccc(OC)cc1Cl)C1(C)CCCO1. The zero-order valence-corrected chi connectivity index (χ0v) is 13.3. The molecule has 4 heteroatoms. The third-order valence-corrected chi connectivity index (χ3v) is 4.30. The predicted octanol–water partition coefficient (Wildman–Crippen LogP) is 3.96. The van der Waals surface area contributed by atoms with Gasteiger partial charge in [0, 0.05) is 11.6 Å². The van der Waals surface area contributed by atoms with Crippen LogP contribution in [0.15, 0.2) is 18.2 Å². The highest BCUT2D eigenvalue weighted by atomic mass is 35.5. The maximum Gasteiger partial charge on any atom is 0.120 e. The molecule has 0 aromatic heterocycles. The van der Waals surface area contributed by atoms with Crippen molar-refractivity contribution in [2.45, 2.75) is 44.8 Å². The molecule has 20 heavy (non-hydrogen) atoms. The van der Waals surface area contributed by atoms with Gasteiger partial charge in [0.25, 0.3) is 0 Å². The molecule has 1 heterocycles. The van der Waals surface area contributed by atoms with Crippen LogP contribution in [0.5, 0.6) is 5.75 Å². The summed E-state index contributed by atoms with van der Waals surface area (Å²) in [6.45, 7) is 6.12. The van der Waals surface area contributed by atoms with Crippen LogP contribution in [0, 0.1) is 0 Å². The van der Waals surface area contributed by atoms with Crippen molar-refractivity contribution in [1.82, 2.24) is 5.32 Å². The lowest BCUT2D eigenvalue weighted by molar-refractivity contribution is -0.0124.